The van der Waals surface area contributed by atoms with Crippen LogP contribution in [0.25, 0.3) is 0 Å². The summed E-state index contributed by atoms with van der Waals surface area (Å²) in [6.45, 7) is 2.01. The van der Waals surface area contributed by atoms with E-state index in [0.29, 0.717) is 12.1 Å². The fraction of sp³-hybridized carbons (Fsp3) is 0.308. The largest absolute Gasteiger partial charge is 0.376 e. The van der Waals surface area contributed by atoms with Gasteiger partial charge in [0.25, 0.3) is 0 Å². The van der Waals surface area contributed by atoms with Crippen molar-refractivity contribution in [3.05, 3.63) is 48.9 Å². The van der Waals surface area contributed by atoms with Crippen LogP contribution in [0.5, 0.6) is 0 Å². The van der Waals surface area contributed by atoms with E-state index in [1.165, 1.54) is 6.20 Å². The number of hydrogen-bond acceptors (Lipinski definition) is 5. The maximum absolute atomic E-state index is 11.1. The van der Waals surface area contributed by atoms with Crippen LogP contribution in [0.1, 0.15) is 18.2 Å². The molecular weight excluding hydrogens is 333 g/mol. The van der Waals surface area contributed by atoms with Gasteiger partial charge in [-0.1, -0.05) is 30.1 Å². The van der Waals surface area contributed by atoms with E-state index in [1.54, 1.807) is 17.4 Å². The highest BCUT2D eigenvalue weighted by molar-refractivity contribution is 7.10. The molecule has 2 aromatic rings. The standard InChI is InChI=1S/C13H13Cl2N3O2S/c1-2-8(7-11-9(14)4-6-21-11)17-10-3-5-16-13(15)12(10)18(19)20/h3-6,8H,2,7H2,1H3,(H,16,17)/t8-/m1/s1. The number of hydrogen-bond donors (Lipinski definition) is 1. The first-order valence-electron chi connectivity index (χ1n) is 6.30. The maximum Gasteiger partial charge on any atom is 0.329 e. The van der Waals surface area contributed by atoms with Crippen molar-refractivity contribution in [3.8, 4) is 0 Å². The Morgan fingerprint density at radius 3 is 2.81 bits per heavy atom. The van der Waals surface area contributed by atoms with Gasteiger partial charge < -0.3 is 5.32 Å². The molecule has 21 heavy (non-hydrogen) atoms. The van der Waals surface area contributed by atoms with Gasteiger partial charge in [0.15, 0.2) is 0 Å². The van der Waals surface area contributed by atoms with Crippen LogP contribution < -0.4 is 5.32 Å². The van der Waals surface area contributed by atoms with Gasteiger partial charge in [-0.25, -0.2) is 4.98 Å². The lowest BCUT2D eigenvalue weighted by Gasteiger charge is -2.18. The first kappa shape index (κ1) is 16.0. The fourth-order valence-electron chi connectivity index (χ4n) is 1.93. The zero-order valence-electron chi connectivity index (χ0n) is 11.2. The normalized spacial score (nSPS) is 12.1. The van der Waals surface area contributed by atoms with Crippen molar-refractivity contribution in [3.63, 3.8) is 0 Å². The molecular formula is C13H13Cl2N3O2S. The minimum Gasteiger partial charge on any atom is -0.376 e. The smallest absolute Gasteiger partial charge is 0.329 e. The Labute approximate surface area is 136 Å². The molecule has 0 aliphatic rings. The summed E-state index contributed by atoms with van der Waals surface area (Å²) in [5.41, 5.74) is 0.175. The average molecular weight is 346 g/mol. The van der Waals surface area contributed by atoms with E-state index in [-0.39, 0.29) is 16.9 Å². The van der Waals surface area contributed by atoms with Crippen LogP contribution in [-0.2, 0) is 6.42 Å². The van der Waals surface area contributed by atoms with Crippen molar-refractivity contribution >= 4 is 45.9 Å². The van der Waals surface area contributed by atoms with Crippen molar-refractivity contribution in [2.24, 2.45) is 0 Å². The Morgan fingerprint density at radius 1 is 1.48 bits per heavy atom. The molecule has 2 heterocycles. The highest BCUT2D eigenvalue weighted by Gasteiger charge is 2.22. The highest BCUT2D eigenvalue weighted by atomic mass is 35.5. The SMILES string of the molecule is CC[C@H](Cc1sccc1Cl)Nc1ccnc(Cl)c1[N+](=O)[O-]. The molecule has 0 aliphatic carbocycles. The molecule has 8 heteroatoms. The Morgan fingerprint density at radius 2 is 2.24 bits per heavy atom. The number of nitrogens with one attached hydrogen (secondary N) is 1. The van der Waals surface area contributed by atoms with Crippen LogP contribution >= 0.6 is 34.5 Å². The van der Waals surface area contributed by atoms with Gasteiger partial charge in [0.2, 0.25) is 5.15 Å². The van der Waals surface area contributed by atoms with Crippen molar-refractivity contribution < 1.29 is 4.92 Å². The number of anilines is 1. The van der Waals surface area contributed by atoms with E-state index in [4.69, 9.17) is 23.2 Å². The predicted octanol–water partition coefficient (Wildman–Crippen LogP) is 4.79. The minimum atomic E-state index is -0.525. The molecule has 5 nitrogen and oxygen atoms in total. The third kappa shape index (κ3) is 3.84. The average Bonchev–Trinajstić information content (AvgIpc) is 2.83. The molecule has 112 valence electrons. The van der Waals surface area contributed by atoms with E-state index in [1.807, 2.05) is 18.4 Å². The summed E-state index contributed by atoms with van der Waals surface area (Å²) >= 11 is 13.5. The van der Waals surface area contributed by atoms with Crippen molar-refractivity contribution in [2.75, 3.05) is 5.32 Å². The number of pyridine rings is 1. The number of aromatic nitrogens is 1. The van der Waals surface area contributed by atoms with Gasteiger partial charge in [-0.2, -0.15) is 0 Å². The van der Waals surface area contributed by atoms with Crippen LogP contribution in [0.4, 0.5) is 11.4 Å². The van der Waals surface area contributed by atoms with E-state index in [0.717, 1.165) is 16.3 Å². The molecule has 0 spiro atoms. The second kappa shape index (κ2) is 7.06. The van der Waals surface area contributed by atoms with Crippen molar-refractivity contribution in [1.82, 2.24) is 4.98 Å². The second-order valence-corrected chi connectivity index (χ2v) is 6.17. The minimum absolute atomic E-state index is 0.0262. The molecule has 0 unspecified atom stereocenters. The van der Waals surface area contributed by atoms with Crippen LogP contribution in [-0.4, -0.2) is 15.9 Å². The van der Waals surface area contributed by atoms with Gasteiger partial charge in [-0.15, -0.1) is 11.3 Å². The number of rotatable bonds is 6. The highest BCUT2D eigenvalue weighted by Crippen LogP contribution is 2.32. The van der Waals surface area contributed by atoms with E-state index >= 15 is 0 Å². The Hall–Kier alpha value is -1.37. The number of halogens is 2. The summed E-state index contributed by atoms with van der Waals surface area (Å²) in [7, 11) is 0. The first-order chi connectivity index (χ1) is 10.0. The summed E-state index contributed by atoms with van der Waals surface area (Å²) in [6.07, 6.45) is 2.94. The Kier molecular flexibility index (Phi) is 5.39. The van der Waals surface area contributed by atoms with Gasteiger partial charge in [-0.3, -0.25) is 10.1 Å². The van der Waals surface area contributed by atoms with E-state index in [9.17, 15) is 10.1 Å². The summed E-state index contributed by atoms with van der Waals surface area (Å²) in [4.78, 5) is 15.4. The summed E-state index contributed by atoms with van der Waals surface area (Å²) < 4.78 is 0. The zero-order chi connectivity index (χ0) is 15.4. The lowest BCUT2D eigenvalue weighted by atomic mass is 10.1. The molecule has 0 aliphatic heterocycles. The van der Waals surface area contributed by atoms with Crippen LogP contribution in [0.15, 0.2) is 23.7 Å². The molecule has 2 aromatic heterocycles. The molecule has 0 amide bonds. The molecule has 0 saturated heterocycles. The number of nitro groups is 1. The van der Waals surface area contributed by atoms with Crippen LogP contribution in [0, 0.1) is 10.1 Å². The predicted molar refractivity (Wildman–Crippen MR) is 86.6 cm³/mol. The molecule has 0 fully saturated rings. The summed E-state index contributed by atoms with van der Waals surface area (Å²) in [5.74, 6) is 0. The molecule has 0 aromatic carbocycles. The zero-order valence-corrected chi connectivity index (χ0v) is 13.5. The summed E-state index contributed by atoms with van der Waals surface area (Å²) in [6, 6.07) is 3.43. The van der Waals surface area contributed by atoms with Crippen LogP contribution in [0.3, 0.4) is 0 Å². The second-order valence-electron chi connectivity index (χ2n) is 4.40. The van der Waals surface area contributed by atoms with Crippen LogP contribution in [0.2, 0.25) is 10.2 Å². The monoisotopic (exact) mass is 345 g/mol. The van der Waals surface area contributed by atoms with Crippen molar-refractivity contribution in [2.45, 2.75) is 25.8 Å². The van der Waals surface area contributed by atoms with Gasteiger partial charge in [0.1, 0.15) is 5.69 Å². The Bertz CT molecular complexity index is 648. The molecule has 1 atom stereocenters. The third-order valence-electron chi connectivity index (χ3n) is 3.04. The van der Waals surface area contributed by atoms with Gasteiger partial charge in [-0.05, 0) is 23.9 Å². The summed E-state index contributed by atoms with van der Waals surface area (Å²) in [5, 5.41) is 16.8. The lowest BCUT2D eigenvalue weighted by Crippen LogP contribution is -2.21. The number of thiophene rings is 1. The van der Waals surface area contributed by atoms with Crippen molar-refractivity contribution in [1.29, 1.82) is 0 Å². The molecule has 0 saturated carbocycles. The lowest BCUT2D eigenvalue weighted by molar-refractivity contribution is -0.384. The molecule has 1 N–H and O–H groups in total. The molecule has 2 rings (SSSR count). The molecule has 0 radical (unpaired) electrons. The van der Waals surface area contributed by atoms with Gasteiger partial charge in [0.05, 0.1) is 9.95 Å². The topological polar surface area (TPSA) is 68.1 Å². The Balaban J connectivity index is 2.21. The van der Waals surface area contributed by atoms with E-state index in [2.05, 4.69) is 10.3 Å². The molecule has 0 bridgehead atoms. The number of nitrogens with zero attached hydrogens (tertiary/aromatic N) is 2. The third-order valence-corrected chi connectivity index (χ3v) is 4.72. The fourth-order valence-corrected chi connectivity index (χ4v) is 3.35. The maximum atomic E-state index is 11.1. The van der Waals surface area contributed by atoms with Gasteiger partial charge >= 0.3 is 5.69 Å². The first-order valence-corrected chi connectivity index (χ1v) is 7.93. The van der Waals surface area contributed by atoms with E-state index < -0.39 is 4.92 Å². The van der Waals surface area contributed by atoms with Gasteiger partial charge in [0, 0.05) is 23.5 Å². The quantitative estimate of drug-likeness (QED) is 0.464.